The zero-order chi connectivity index (χ0) is 18.1. The van der Waals surface area contributed by atoms with Gasteiger partial charge in [0.15, 0.2) is 0 Å². The Labute approximate surface area is 162 Å². The lowest BCUT2D eigenvalue weighted by Crippen LogP contribution is -2.70. The smallest absolute Gasteiger partial charge is 0.354 e. The number of carbonyl (C=O) groups excluding carboxylic acids is 3. The van der Waals surface area contributed by atoms with Crippen LogP contribution in [0.15, 0.2) is 11.8 Å². The molecule has 0 aliphatic carbocycles. The zero-order valence-electron chi connectivity index (χ0n) is 12.8. The third kappa shape index (κ3) is 4.66. The minimum atomic E-state index is -1.72. The summed E-state index contributed by atoms with van der Waals surface area (Å²) < 4.78 is 3.23. The summed E-state index contributed by atoms with van der Waals surface area (Å²) in [5.41, 5.74) is 0.112. The molecule has 1 saturated heterocycles. The highest BCUT2D eigenvalue weighted by atomic mass is 35.6. The van der Waals surface area contributed by atoms with E-state index in [-0.39, 0.29) is 33.9 Å². The fourth-order valence-electron chi connectivity index (χ4n) is 2.29. The molecule has 11 heteroatoms. The molecule has 2 aliphatic heterocycles. The van der Waals surface area contributed by atoms with Gasteiger partial charge in [-0.15, -0.1) is 11.8 Å². The first kappa shape index (κ1) is 20.0. The van der Waals surface area contributed by atoms with Gasteiger partial charge in [-0.2, -0.15) is 11.8 Å². The van der Waals surface area contributed by atoms with E-state index in [1.165, 1.54) is 28.4 Å². The molecule has 2 aliphatic rings. The summed E-state index contributed by atoms with van der Waals surface area (Å²) in [7, 11) is 0. The first-order valence-electron chi connectivity index (χ1n) is 6.86. The van der Waals surface area contributed by atoms with Gasteiger partial charge >= 0.3 is 5.97 Å². The van der Waals surface area contributed by atoms with E-state index in [9.17, 15) is 14.4 Å². The van der Waals surface area contributed by atoms with Crippen LogP contribution in [0, 0.1) is 0 Å². The number of β-lactam (4-membered cyclic amide) rings is 1. The van der Waals surface area contributed by atoms with E-state index in [1.54, 1.807) is 12.3 Å². The SMILES string of the molecule is CSCC(=O)NC1C(=O)N2C(C(=O)OCC(Cl)(Cl)Cl)=CC(C)S[C@H]12. The van der Waals surface area contributed by atoms with E-state index in [0.29, 0.717) is 0 Å². The van der Waals surface area contributed by atoms with E-state index in [0.717, 1.165) is 0 Å². The van der Waals surface area contributed by atoms with Crippen molar-refractivity contribution < 1.29 is 19.1 Å². The maximum Gasteiger partial charge on any atom is 0.354 e. The number of hydrogen-bond donors (Lipinski definition) is 1. The van der Waals surface area contributed by atoms with Crippen molar-refractivity contribution in [2.24, 2.45) is 0 Å². The number of ether oxygens (including phenoxy) is 1. The Morgan fingerprint density at radius 3 is 2.71 bits per heavy atom. The van der Waals surface area contributed by atoms with Crippen LogP contribution >= 0.6 is 58.3 Å². The van der Waals surface area contributed by atoms with Crippen molar-refractivity contribution in [1.29, 1.82) is 0 Å². The predicted molar refractivity (Wildman–Crippen MR) is 97.3 cm³/mol. The Bertz CT molecular complexity index is 582. The van der Waals surface area contributed by atoms with Crippen molar-refractivity contribution >= 4 is 76.1 Å². The van der Waals surface area contributed by atoms with Gasteiger partial charge in [0.25, 0.3) is 5.91 Å². The quantitative estimate of drug-likeness (QED) is 0.406. The van der Waals surface area contributed by atoms with Crippen molar-refractivity contribution in [2.75, 3.05) is 18.6 Å². The molecule has 2 rings (SSSR count). The fraction of sp³-hybridized carbons (Fsp3) is 0.615. The molecule has 1 fully saturated rings. The average molecular weight is 434 g/mol. The molecule has 0 saturated carbocycles. The molecule has 0 aromatic rings. The molecule has 0 spiro atoms. The van der Waals surface area contributed by atoms with Crippen molar-refractivity contribution in [3.05, 3.63) is 11.8 Å². The Morgan fingerprint density at radius 1 is 1.46 bits per heavy atom. The second-order valence-corrected chi connectivity index (χ2v) is 10.0. The van der Waals surface area contributed by atoms with Crippen LogP contribution in [0.2, 0.25) is 0 Å². The summed E-state index contributed by atoms with van der Waals surface area (Å²) in [6.45, 7) is 1.46. The highest BCUT2D eigenvalue weighted by Gasteiger charge is 2.54. The maximum atomic E-state index is 12.3. The summed E-state index contributed by atoms with van der Waals surface area (Å²) in [5, 5.41) is 2.31. The Kier molecular flexibility index (Phi) is 6.64. The molecule has 0 bridgehead atoms. The summed E-state index contributed by atoms with van der Waals surface area (Å²) >= 11 is 19.5. The van der Waals surface area contributed by atoms with E-state index < -0.39 is 22.4 Å². The van der Waals surface area contributed by atoms with Crippen LogP contribution < -0.4 is 5.32 Å². The molecule has 0 aromatic heterocycles. The molecule has 1 N–H and O–H groups in total. The summed E-state index contributed by atoms with van der Waals surface area (Å²) in [6.07, 6.45) is 3.42. The highest BCUT2D eigenvalue weighted by Crippen LogP contribution is 2.41. The van der Waals surface area contributed by atoms with Gasteiger partial charge in [0.05, 0.1) is 5.75 Å². The summed E-state index contributed by atoms with van der Waals surface area (Å²) in [6, 6.07) is -0.651. The van der Waals surface area contributed by atoms with E-state index in [4.69, 9.17) is 39.5 Å². The number of thioether (sulfide) groups is 2. The number of fused-ring (bicyclic) bond motifs is 1. The Hall–Kier alpha value is -0.280. The predicted octanol–water partition coefficient (Wildman–Crippen LogP) is 1.94. The first-order chi connectivity index (χ1) is 11.1. The zero-order valence-corrected chi connectivity index (χ0v) is 16.7. The monoisotopic (exact) mass is 432 g/mol. The second-order valence-electron chi connectivity index (χ2n) is 5.16. The normalized spacial score (nSPS) is 26.2. The molecule has 6 nitrogen and oxygen atoms in total. The number of carbonyl (C=O) groups is 3. The minimum absolute atomic E-state index is 0.0328. The lowest BCUT2D eigenvalue weighted by molar-refractivity contribution is -0.152. The third-order valence-corrected chi connectivity index (χ3v) is 5.42. The molecule has 134 valence electrons. The Morgan fingerprint density at radius 2 is 2.12 bits per heavy atom. The van der Waals surface area contributed by atoms with Crippen LogP contribution in [-0.4, -0.2) is 61.8 Å². The number of amides is 2. The number of halogens is 3. The van der Waals surface area contributed by atoms with Crippen LogP contribution in [0.25, 0.3) is 0 Å². The molecular weight excluding hydrogens is 419 g/mol. The topological polar surface area (TPSA) is 75.7 Å². The highest BCUT2D eigenvalue weighted by molar-refractivity contribution is 8.00. The first-order valence-corrected chi connectivity index (χ1v) is 10.3. The number of nitrogens with one attached hydrogen (secondary N) is 1. The van der Waals surface area contributed by atoms with Gasteiger partial charge in [0.1, 0.15) is 23.7 Å². The fourth-order valence-corrected chi connectivity index (χ4v) is 4.13. The van der Waals surface area contributed by atoms with Crippen LogP contribution in [0.1, 0.15) is 6.92 Å². The van der Waals surface area contributed by atoms with E-state index >= 15 is 0 Å². The van der Waals surface area contributed by atoms with Crippen molar-refractivity contribution in [3.8, 4) is 0 Å². The largest absolute Gasteiger partial charge is 0.456 e. The Balaban J connectivity index is 2.06. The van der Waals surface area contributed by atoms with Crippen LogP contribution in [-0.2, 0) is 19.1 Å². The molecule has 3 atom stereocenters. The average Bonchev–Trinajstić information content (AvgIpc) is 2.49. The van der Waals surface area contributed by atoms with Crippen molar-refractivity contribution in [3.63, 3.8) is 0 Å². The van der Waals surface area contributed by atoms with Gasteiger partial charge in [-0.25, -0.2) is 4.79 Å². The number of esters is 1. The minimum Gasteiger partial charge on any atom is -0.456 e. The molecular formula is C13H15Cl3N2O4S2. The summed E-state index contributed by atoms with van der Waals surface area (Å²) in [4.78, 5) is 37.5. The number of rotatable bonds is 5. The lowest BCUT2D eigenvalue weighted by atomic mass is 10.0. The van der Waals surface area contributed by atoms with Crippen molar-refractivity contribution in [2.45, 2.75) is 27.4 Å². The lowest BCUT2D eigenvalue weighted by Gasteiger charge is -2.49. The van der Waals surface area contributed by atoms with Crippen LogP contribution in [0.4, 0.5) is 0 Å². The molecule has 24 heavy (non-hydrogen) atoms. The van der Waals surface area contributed by atoms with E-state index in [1.807, 2.05) is 6.92 Å². The van der Waals surface area contributed by atoms with Crippen molar-refractivity contribution in [1.82, 2.24) is 10.2 Å². The molecule has 0 aromatic carbocycles. The van der Waals surface area contributed by atoms with Gasteiger partial charge in [-0.1, -0.05) is 34.8 Å². The summed E-state index contributed by atoms with van der Waals surface area (Å²) in [5.74, 6) is -1.04. The number of alkyl halides is 3. The maximum absolute atomic E-state index is 12.3. The number of nitrogens with zero attached hydrogens (tertiary/aromatic N) is 1. The van der Waals surface area contributed by atoms with Crippen LogP contribution in [0.3, 0.4) is 0 Å². The van der Waals surface area contributed by atoms with Gasteiger partial charge in [0, 0.05) is 5.25 Å². The molecule has 2 heterocycles. The standard InChI is InChI=1S/C13H15Cl3N2O4S2/c1-6-3-7(12(21)22-5-13(14,15)16)18-10(20)9(11(18)24-6)17-8(19)4-23-2/h3,6,9,11H,4-5H2,1-2H3,(H,17,19)/t6?,9?,11-/m1/s1. The third-order valence-electron chi connectivity index (χ3n) is 3.22. The van der Waals surface area contributed by atoms with Gasteiger partial charge in [-0.3, -0.25) is 14.5 Å². The van der Waals surface area contributed by atoms with Gasteiger partial charge in [0.2, 0.25) is 9.70 Å². The second kappa shape index (κ2) is 7.95. The van der Waals surface area contributed by atoms with E-state index in [2.05, 4.69) is 5.32 Å². The number of hydrogen-bond acceptors (Lipinski definition) is 6. The van der Waals surface area contributed by atoms with Crippen LogP contribution in [0.5, 0.6) is 0 Å². The van der Waals surface area contributed by atoms with Gasteiger partial charge < -0.3 is 10.1 Å². The molecule has 2 unspecified atom stereocenters. The van der Waals surface area contributed by atoms with Gasteiger partial charge in [-0.05, 0) is 19.3 Å². The molecule has 2 amide bonds. The molecule has 0 radical (unpaired) electrons.